The second kappa shape index (κ2) is 7.22. The van der Waals surface area contributed by atoms with E-state index in [-0.39, 0.29) is 0 Å². The van der Waals surface area contributed by atoms with Gasteiger partial charge in [0.2, 0.25) is 0 Å². The summed E-state index contributed by atoms with van der Waals surface area (Å²) in [6.45, 7) is 7.26. The number of halogens is 1. The lowest BCUT2D eigenvalue weighted by Gasteiger charge is -2.23. The zero-order valence-electron chi connectivity index (χ0n) is 7.63. The van der Waals surface area contributed by atoms with Crippen molar-refractivity contribution in [1.82, 2.24) is 0 Å². The normalized spacial score (nSPS) is 12.0. The first-order chi connectivity index (χ1) is 5.74. The van der Waals surface area contributed by atoms with Crippen molar-refractivity contribution in [2.75, 3.05) is 19.8 Å². The van der Waals surface area contributed by atoms with Crippen molar-refractivity contribution < 1.29 is 16.0 Å². The van der Waals surface area contributed by atoms with Gasteiger partial charge in [-0.3, -0.25) is 2.76 Å². The van der Waals surface area contributed by atoms with Crippen LogP contribution in [0.25, 0.3) is 0 Å². The molecule has 12 heavy (non-hydrogen) atoms. The predicted molar refractivity (Wildman–Crippen MR) is 55.7 cm³/mol. The number of rotatable bonds is 7. The molecule has 0 aromatic heterocycles. The van der Waals surface area contributed by atoms with Gasteiger partial charge < -0.3 is 13.3 Å². The Labute approximate surface area is 88.7 Å². The lowest BCUT2D eigenvalue weighted by atomic mass is 10.9. The second-order valence-electron chi connectivity index (χ2n) is 1.88. The van der Waals surface area contributed by atoms with E-state index in [0.717, 1.165) is 0 Å². The first kappa shape index (κ1) is 12.8. The summed E-state index contributed by atoms with van der Waals surface area (Å²) < 4.78 is 21.1. The summed E-state index contributed by atoms with van der Waals surface area (Å²) >= 11 is 1.76. The quantitative estimate of drug-likeness (QED) is 0.532. The lowest BCUT2D eigenvalue weighted by molar-refractivity contribution is 0.0227. The molecule has 0 rings (SSSR count). The maximum absolute atomic E-state index is 5.32. The molecular formula is C6H15IO4Si. The fourth-order valence-electron chi connectivity index (χ4n) is 0.722. The van der Waals surface area contributed by atoms with Crippen LogP contribution in [0, 0.1) is 0 Å². The molecule has 0 saturated carbocycles. The van der Waals surface area contributed by atoms with E-state index >= 15 is 0 Å². The minimum atomic E-state index is -2.78. The molecule has 74 valence electrons. The van der Waals surface area contributed by atoms with Gasteiger partial charge in [-0.1, -0.05) is 0 Å². The fraction of sp³-hybridized carbons (Fsp3) is 1.00. The van der Waals surface area contributed by atoms with Crippen molar-refractivity contribution in [1.29, 1.82) is 0 Å². The highest BCUT2D eigenvalue weighted by Crippen LogP contribution is 2.14. The Bertz CT molecular complexity index is 96.7. The van der Waals surface area contributed by atoms with Crippen LogP contribution < -0.4 is 0 Å². The summed E-state index contributed by atoms with van der Waals surface area (Å²) in [5, 5.41) is 0. The molecule has 0 saturated heterocycles. The highest BCUT2D eigenvalue weighted by molar-refractivity contribution is 14.1. The smallest absolute Gasteiger partial charge is 0.351 e. The molecule has 0 N–H and O–H groups in total. The van der Waals surface area contributed by atoms with E-state index in [0.29, 0.717) is 19.8 Å². The summed E-state index contributed by atoms with van der Waals surface area (Å²) in [5.74, 6) is 0. The molecule has 6 heteroatoms. The molecule has 0 fully saturated rings. The Hall–Kier alpha value is 0.787. The molecule has 0 aliphatic heterocycles. The molecule has 0 spiro atoms. The van der Waals surface area contributed by atoms with Gasteiger partial charge in [0.25, 0.3) is 0 Å². The summed E-state index contributed by atoms with van der Waals surface area (Å²) in [6.07, 6.45) is 0. The van der Waals surface area contributed by atoms with Crippen molar-refractivity contribution in [3.05, 3.63) is 0 Å². The van der Waals surface area contributed by atoms with Crippen molar-refractivity contribution >= 4 is 32.1 Å². The van der Waals surface area contributed by atoms with Gasteiger partial charge in [-0.05, 0) is 20.8 Å². The van der Waals surface area contributed by atoms with Gasteiger partial charge in [-0.2, -0.15) is 0 Å². The molecule has 0 aromatic rings. The van der Waals surface area contributed by atoms with Crippen LogP contribution in [0.2, 0.25) is 0 Å². The largest absolute Gasteiger partial charge is 0.689 e. The SMILES string of the molecule is CCO[Si](OI)(OCC)OCC. The third kappa shape index (κ3) is 4.15. The molecule has 0 aliphatic carbocycles. The highest BCUT2D eigenvalue weighted by atomic mass is 127. The monoisotopic (exact) mass is 306 g/mol. The van der Waals surface area contributed by atoms with Crippen LogP contribution in [0.3, 0.4) is 0 Å². The molecule has 0 radical (unpaired) electrons. The predicted octanol–water partition coefficient (Wildman–Crippen LogP) is 1.90. The Morgan fingerprint density at radius 3 is 1.42 bits per heavy atom. The molecular weight excluding hydrogens is 291 g/mol. The Balaban J connectivity index is 4.06. The lowest BCUT2D eigenvalue weighted by Crippen LogP contribution is -2.46. The van der Waals surface area contributed by atoms with Crippen LogP contribution in [0.4, 0.5) is 0 Å². The van der Waals surface area contributed by atoms with Crippen molar-refractivity contribution in [3.8, 4) is 0 Å². The zero-order chi connectivity index (χ0) is 9.45. The molecule has 0 atom stereocenters. The summed E-state index contributed by atoms with van der Waals surface area (Å²) in [4.78, 5) is 0. The van der Waals surface area contributed by atoms with Gasteiger partial charge in [0.1, 0.15) is 23.0 Å². The minimum Gasteiger partial charge on any atom is -0.351 e. The maximum Gasteiger partial charge on any atom is 0.689 e. The summed E-state index contributed by atoms with van der Waals surface area (Å²) in [7, 11) is -2.78. The van der Waals surface area contributed by atoms with Crippen LogP contribution in [-0.4, -0.2) is 28.9 Å². The van der Waals surface area contributed by atoms with Crippen molar-refractivity contribution in [2.45, 2.75) is 20.8 Å². The van der Waals surface area contributed by atoms with E-state index in [2.05, 4.69) is 0 Å². The molecule has 0 bridgehead atoms. The van der Waals surface area contributed by atoms with E-state index in [1.54, 1.807) is 23.0 Å². The Kier molecular flexibility index (Phi) is 7.69. The van der Waals surface area contributed by atoms with E-state index < -0.39 is 9.05 Å². The van der Waals surface area contributed by atoms with Crippen LogP contribution in [0.1, 0.15) is 20.8 Å². The Morgan fingerprint density at radius 2 is 1.25 bits per heavy atom. The van der Waals surface area contributed by atoms with Gasteiger partial charge in [0.05, 0.1) is 0 Å². The van der Waals surface area contributed by atoms with Crippen molar-refractivity contribution in [3.63, 3.8) is 0 Å². The van der Waals surface area contributed by atoms with Gasteiger partial charge in [-0.25, -0.2) is 0 Å². The van der Waals surface area contributed by atoms with Gasteiger partial charge in [0.15, 0.2) is 0 Å². The molecule has 0 aliphatic rings. The Morgan fingerprint density at radius 1 is 0.917 bits per heavy atom. The van der Waals surface area contributed by atoms with Gasteiger partial charge >= 0.3 is 9.05 Å². The van der Waals surface area contributed by atoms with Crippen LogP contribution in [0.15, 0.2) is 0 Å². The molecule has 4 nitrogen and oxygen atoms in total. The van der Waals surface area contributed by atoms with Crippen molar-refractivity contribution in [2.24, 2.45) is 0 Å². The van der Waals surface area contributed by atoms with E-state index in [1.165, 1.54) is 0 Å². The summed E-state index contributed by atoms with van der Waals surface area (Å²) in [5.41, 5.74) is 0. The second-order valence-corrected chi connectivity index (χ2v) is 5.22. The van der Waals surface area contributed by atoms with E-state index in [1.807, 2.05) is 20.8 Å². The maximum atomic E-state index is 5.32. The van der Waals surface area contributed by atoms with Gasteiger partial charge in [-0.15, -0.1) is 0 Å². The summed E-state index contributed by atoms with van der Waals surface area (Å²) in [6, 6.07) is 0. The minimum absolute atomic E-state index is 0.537. The average molecular weight is 306 g/mol. The number of hydrogen-bond acceptors (Lipinski definition) is 4. The zero-order valence-corrected chi connectivity index (χ0v) is 10.8. The van der Waals surface area contributed by atoms with Gasteiger partial charge in [0, 0.05) is 19.8 Å². The van der Waals surface area contributed by atoms with E-state index in [9.17, 15) is 0 Å². The third-order valence-electron chi connectivity index (χ3n) is 1.06. The molecule has 0 aromatic carbocycles. The molecule has 0 amide bonds. The van der Waals surface area contributed by atoms with Crippen LogP contribution in [0.5, 0.6) is 0 Å². The number of hydrogen-bond donors (Lipinski definition) is 0. The highest BCUT2D eigenvalue weighted by Gasteiger charge is 2.44. The molecule has 0 unspecified atom stereocenters. The fourth-order valence-corrected chi connectivity index (χ4v) is 3.31. The standard InChI is InChI=1S/C6H15IO4Si/c1-4-8-12(11-7,9-5-2)10-6-3/h4-6H2,1-3H3. The first-order valence-corrected chi connectivity index (χ1v) is 6.47. The molecule has 0 heterocycles. The van der Waals surface area contributed by atoms with E-state index in [4.69, 9.17) is 16.0 Å². The van der Waals surface area contributed by atoms with Crippen LogP contribution in [-0.2, 0) is 16.0 Å². The first-order valence-electron chi connectivity index (χ1n) is 3.96. The van der Waals surface area contributed by atoms with Crippen LogP contribution >= 0.6 is 23.0 Å². The third-order valence-corrected chi connectivity index (χ3v) is 4.79. The average Bonchev–Trinajstić information content (AvgIpc) is 2.06. The topological polar surface area (TPSA) is 36.9 Å².